The van der Waals surface area contributed by atoms with Crippen LogP contribution >= 0.6 is 24.0 Å². The maximum atomic E-state index is 12.6. The number of guanidine groups is 1. The van der Waals surface area contributed by atoms with E-state index in [0.717, 1.165) is 57.0 Å². The number of carbonyl (C=O) groups is 1. The zero-order valence-corrected chi connectivity index (χ0v) is 21.8. The number of aromatic nitrogens is 3. The molecule has 0 aromatic carbocycles. The summed E-state index contributed by atoms with van der Waals surface area (Å²) in [6.45, 7) is 12.1. The normalized spacial score (nSPS) is 23.3. The molecule has 2 atom stereocenters. The van der Waals surface area contributed by atoms with Crippen LogP contribution in [0.4, 0.5) is 4.79 Å². The third-order valence-corrected chi connectivity index (χ3v) is 5.65. The molecule has 2 N–H and O–H groups in total. The number of ether oxygens (including phenoxy) is 1. The molecule has 31 heavy (non-hydrogen) atoms. The zero-order valence-electron chi connectivity index (χ0n) is 19.4. The molecule has 176 valence electrons. The van der Waals surface area contributed by atoms with Gasteiger partial charge in [0.05, 0.1) is 6.54 Å². The molecule has 9 nitrogen and oxygen atoms in total. The Labute approximate surface area is 202 Å². The number of amides is 1. The molecule has 0 aliphatic carbocycles. The van der Waals surface area contributed by atoms with Crippen LogP contribution < -0.4 is 10.6 Å². The number of halogens is 1. The predicted octanol–water partition coefficient (Wildman–Crippen LogP) is 2.94. The molecule has 2 bridgehead atoms. The summed E-state index contributed by atoms with van der Waals surface area (Å²) in [6.07, 6.45) is 6.39. The Morgan fingerprint density at radius 3 is 2.52 bits per heavy atom. The van der Waals surface area contributed by atoms with Crippen molar-refractivity contribution in [3.63, 3.8) is 0 Å². The van der Waals surface area contributed by atoms with Crippen molar-refractivity contribution in [3.8, 4) is 0 Å². The van der Waals surface area contributed by atoms with Gasteiger partial charge in [-0.05, 0) is 53.4 Å². The van der Waals surface area contributed by atoms with Crippen LogP contribution in [0, 0.1) is 0 Å². The molecule has 0 saturated carbocycles. The fourth-order valence-corrected chi connectivity index (χ4v) is 4.43. The topological polar surface area (TPSA) is 96.7 Å². The van der Waals surface area contributed by atoms with Crippen LogP contribution in [0.3, 0.4) is 0 Å². The van der Waals surface area contributed by atoms with Crippen molar-refractivity contribution in [1.29, 1.82) is 0 Å². The van der Waals surface area contributed by atoms with Crippen LogP contribution in [-0.4, -0.2) is 68.5 Å². The van der Waals surface area contributed by atoms with Crippen molar-refractivity contribution in [2.45, 2.75) is 97.0 Å². The maximum absolute atomic E-state index is 12.6. The van der Waals surface area contributed by atoms with E-state index >= 15 is 0 Å². The second-order valence-electron chi connectivity index (χ2n) is 9.14. The van der Waals surface area contributed by atoms with Crippen molar-refractivity contribution < 1.29 is 9.53 Å². The monoisotopic (exact) mass is 547 g/mol. The van der Waals surface area contributed by atoms with Gasteiger partial charge in [0.25, 0.3) is 0 Å². The van der Waals surface area contributed by atoms with E-state index in [0.29, 0.717) is 12.6 Å². The largest absolute Gasteiger partial charge is 0.444 e. The number of nitrogens with zero attached hydrogens (tertiary/aromatic N) is 5. The van der Waals surface area contributed by atoms with Crippen molar-refractivity contribution in [2.24, 2.45) is 4.99 Å². The van der Waals surface area contributed by atoms with Crippen LogP contribution in [0.1, 0.15) is 66.1 Å². The summed E-state index contributed by atoms with van der Waals surface area (Å²) in [5.74, 6) is 1.81. The minimum absolute atomic E-state index is 0. The highest BCUT2D eigenvalue weighted by Crippen LogP contribution is 2.36. The molecule has 2 aliphatic heterocycles. The van der Waals surface area contributed by atoms with Gasteiger partial charge in [0.2, 0.25) is 0 Å². The van der Waals surface area contributed by atoms with E-state index in [-0.39, 0.29) is 42.2 Å². The predicted molar refractivity (Wildman–Crippen MR) is 132 cm³/mol. The van der Waals surface area contributed by atoms with Crippen LogP contribution in [0.15, 0.2) is 11.3 Å². The Hall–Kier alpha value is -1.59. The smallest absolute Gasteiger partial charge is 0.410 e. The Morgan fingerprint density at radius 1 is 1.26 bits per heavy atom. The number of nitrogens with one attached hydrogen (secondary N) is 2. The lowest BCUT2D eigenvalue weighted by molar-refractivity contribution is 0.00545. The molecule has 3 heterocycles. The van der Waals surface area contributed by atoms with Crippen molar-refractivity contribution in [1.82, 2.24) is 30.3 Å². The minimum atomic E-state index is -0.459. The number of aliphatic imine (C=N–C) groups is 1. The fraction of sp³-hybridized carbons (Fsp3) is 0.810. The highest BCUT2D eigenvalue weighted by Gasteiger charge is 2.45. The van der Waals surface area contributed by atoms with E-state index in [1.54, 1.807) is 6.33 Å². The second-order valence-corrected chi connectivity index (χ2v) is 9.14. The first-order chi connectivity index (χ1) is 14.3. The van der Waals surface area contributed by atoms with E-state index in [1.165, 1.54) is 0 Å². The molecular weight excluding hydrogens is 509 g/mol. The van der Waals surface area contributed by atoms with Crippen LogP contribution in [-0.2, 0) is 17.7 Å². The molecule has 1 amide bonds. The van der Waals surface area contributed by atoms with Crippen LogP contribution in [0.25, 0.3) is 0 Å². The average molecular weight is 547 g/mol. The maximum Gasteiger partial charge on any atom is 0.410 e. The van der Waals surface area contributed by atoms with Gasteiger partial charge in [-0.1, -0.05) is 6.92 Å². The zero-order chi connectivity index (χ0) is 21.7. The van der Waals surface area contributed by atoms with Gasteiger partial charge < -0.3 is 24.8 Å². The number of aryl methyl sites for hydroxylation is 1. The molecule has 3 rings (SSSR count). The number of piperidine rings is 1. The highest BCUT2D eigenvalue weighted by molar-refractivity contribution is 14.0. The van der Waals surface area contributed by atoms with E-state index < -0.39 is 5.60 Å². The molecular formula is C21H38IN7O2. The van der Waals surface area contributed by atoms with Gasteiger partial charge in [-0.25, -0.2) is 4.79 Å². The lowest BCUT2D eigenvalue weighted by atomic mass is 9.98. The lowest BCUT2D eigenvalue weighted by Gasteiger charge is -2.40. The molecule has 10 heteroatoms. The van der Waals surface area contributed by atoms with Crippen molar-refractivity contribution >= 4 is 36.0 Å². The molecule has 1 aromatic heterocycles. The van der Waals surface area contributed by atoms with E-state index in [9.17, 15) is 4.79 Å². The molecule has 2 unspecified atom stereocenters. The summed E-state index contributed by atoms with van der Waals surface area (Å²) in [5, 5.41) is 15.0. The SMILES string of the molecule is CCNC(=NCCn1cnnc1CC)NC1CC2CCC(C1)N2C(=O)OC(C)(C)C.I. The molecule has 1 aromatic rings. The molecule has 0 radical (unpaired) electrons. The summed E-state index contributed by atoms with van der Waals surface area (Å²) in [7, 11) is 0. The standard InChI is InChI=1S/C21H37N7O2.HI/c1-6-18-26-24-14-27(18)11-10-23-19(22-7-2)25-15-12-16-8-9-17(13-15)28(16)20(29)30-21(3,4)5;/h14-17H,6-13H2,1-5H3,(H2,22,23,25);1H. The number of hydrogen-bond donors (Lipinski definition) is 2. The summed E-state index contributed by atoms with van der Waals surface area (Å²) >= 11 is 0. The van der Waals surface area contributed by atoms with Crippen LogP contribution in [0.2, 0.25) is 0 Å². The second kappa shape index (κ2) is 11.3. The van der Waals surface area contributed by atoms with Gasteiger partial charge in [0.1, 0.15) is 17.8 Å². The molecule has 2 aliphatic rings. The summed E-state index contributed by atoms with van der Waals surface area (Å²) in [6, 6.07) is 0.784. The van der Waals surface area contributed by atoms with Gasteiger partial charge in [0, 0.05) is 37.6 Å². The first kappa shape index (κ1) is 25.7. The quantitative estimate of drug-likeness (QED) is 0.323. The molecule has 2 fully saturated rings. The Kier molecular flexibility index (Phi) is 9.38. The van der Waals surface area contributed by atoms with Crippen molar-refractivity contribution in [3.05, 3.63) is 12.2 Å². The fourth-order valence-electron chi connectivity index (χ4n) is 4.43. The first-order valence-corrected chi connectivity index (χ1v) is 11.2. The number of rotatable bonds is 6. The minimum Gasteiger partial charge on any atom is -0.444 e. The number of fused-ring (bicyclic) bond motifs is 2. The van der Waals surface area contributed by atoms with Crippen LogP contribution in [0.5, 0.6) is 0 Å². The van der Waals surface area contributed by atoms with Gasteiger partial charge in [-0.2, -0.15) is 0 Å². The van der Waals surface area contributed by atoms with Crippen molar-refractivity contribution in [2.75, 3.05) is 13.1 Å². The van der Waals surface area contributed by atoms with Gasteiger partial charge in [-0.3, -0.25) is 4.99 Å². The Morgan fingerprint density at radius 2 is 1.94 bits per heavy atom. The molecule has 0 spiro atoms. The summed E-state index contributed by atoms with van der Waals surface area (Å²) in [5.41, 5.74) is -0.459. The third kappa shape index (κ3) is 6.95. The highest BCUT2D eigenvalue weighted by atomic mass is 127. The Bertz CT molecular complexity index is 732. The average Bonchev–Trinajstić information content (AvgIpc) is 3.22. The summed E-state index contributed by atoms with van der Waals surface area (Å²) in [4.78, 5) is 19.4. The third-order valence-electron chi connectivity index (χ3n) is 5.65. The lowest BCUT2D eigenvalue weighted by Crippen LogP contribution is -2.55. The molecule has 2 saturated heterocycles. The van der Waals surface area contributed by atoms with E-state index in [4.69, 9.17) is 9.73 Å². The first-order valence-electron chi connectivity index (χ1n) is 11.2. The van der Waals surface area contributed by atoms with Gasteiger partial charge in [-0.15, -0.1) is 34.2 Å². The van der Waals surface area contributed by atoms with E-state index in [2.05, 4.69) is 34.7 Å². The number of hydrogen-bond acceptors (Lipinski definition) is 5. The van der Waals surface area contributed by atoms with Gasteiger partial charge >= 0.3 is 6.09 Å². The van der Waals surface area contributed by atoms with E-state index in [1.807, 2.05) is 30.2 Å². The van der Waals surface area contributed by atoms with Gasteiger partial charge in [0.15, 0.2) is 5.96 Å². The summed E-state index contributed by atoms with van der Waals surface area (Å²) < 4.78 is 7.69. The Balaban J connectivity index is 0.00000341. The number of carbonyl (C=O) groups excluding carboxylic acids is 1.